The van der Waals surface area contributed by atoms with Crippen LogP contribution in [0.5, 0.6) is 0 Å². The van der Waals surface area contributed by atoms with Crippen molar-refractivity contribution in [2.24, 2.45) is 5.92 Å². The second-order valence-electron chi connectivity index (χ2n) is 5.85. The Kier molecular flexibility index (Phi) is 3.19. The highest BCUT2D eigenvalue weighted by Gasteiger charge is 2.39. The van der Waals surface area contributed by atoms with Crippen molar-refractivity contribution in [2.75, 3.05) is 5.32 Å². The number of hydrogen-bond acceptors (Lipinski definition) is 1. The fraction of sp³-hybridized carbons (Fsp3) is 0.222. The molecule has 1 aliphatic heterocycles. The summed E-state index contributed by atoms with van der Waals surface area (Å²) in [6.45, 7) is 0. The molecule has 0 unspecified atom stereocenters. The van der Waals surface area contributed by atoms with Crippen LogP contribution in [0.15, 0.2) is 48.6 Å². The van der Waals surface area contributed by atoms with Gasteiger partial charge < -0.3 is 5.32 Å². The van der Waals surface area contributed by atoms with Crippen LogP contribution in [-0.4, -0.2) is 0 Å². The lowest BCUT2D eigenvalue weighted by Crippen LogP contribution is -2.30. The van der Waals surface area contributed by atoms with E-state index in [0.717, 1.165) is 18.1 Å². The van der Waals surface area contributed by atoms with E-state index >= 15 is 0 Å². The fourth-order valence-corrected chi connectivity index (χ4v) is 3.91. The van der Waals surface area contributed by atoms with Crippen molar-refractivity contribution in [1.29, 1.82) is 0 Å². The van der Waals surface area contributed by atoms with Crippen LogP contribution in [0.3, 0.4) is 0 Å². The Morgan fingerprint density at radius 1 is 1.09 bits per heavy atom. The minimum absolute atomic E-state index is 0.0164. The zero-order valence-electron chi connectivity index (χ0n) is 11.7. The maximum Gasteiger partial charge on any atom is 0.149 e. The normalized spacial score (nSPS) is 25.5. The minimum atomic E-state index is -0.550. The molecule has 1 nitrogen and oxygen atoms in total. The number of anilines is 1. The van der Waals surface area contributed by atoms with Gasteiger partial charge in [-0.1, -0.05) is 42.0 Å². The molecule has 0 radical (unpaired) electrons. The van der Waals surface area contributed by atoms with Crippen molar-refractivity contribution < 1.29 is 8.78 Å². The van der Waals surface area contributed by atoms with Gasteiger partial charge >= 0.3 is 0 Å². The Morgan fingerprint density at radius 2 is 1.91 bits per heavy atom. The van der Waals surface area contributed by atoms with Gasteiger partial charge in [-0.3, -0.25) is 0 Å². The standard InChI is InChI=1S/C18H14ClF2N/c19-15-7-2-1-4-13(15)17-12-6-3-5-11(12)14-8-10(20)9-16(21)18(14)22-17/h1-5,7-9,11-12,17,22H,6H2/t11-,12+,17-/m1/s1. The highest BCUT2D eigenvalue weighted by atomic mass is 35.5. The van der Waals surface area contributed by atoms with E-state index < -0.39 is 11.6 Å². The average molecular weight is 318 g/mol. The van der Waals surface area contributed by atoms with E-state index in [1.165, 1.54) is 6.07 Å². The molecule has 0 saturated heterocycles. The molecule has 1 aliphatic carbocycles. The molecule has 4 rings (SSSR count). The third-order valence-electron chi connectivity index (χ3n) is 4.63. The summed E-state index contributed by atoms with van der Waals surface area (Å²) >= 11 is 6.33. The van der Waals surface area contributed by atoms with Gasteiger partial charge in [0.25, 0.3) is 0 Å². The Bertz CT molecular complexity index is 772. The average Bonchev–Trinajstić information content (AvgIpc) is 2.97. The topological polar surface area (TPSA) is 12.0 Å². The quantitative estimate of drug-likeness (QED) is 0.690. The molecule has 0 bridgehead atoms. The van der Waals surface area contributed by atoms with E-state index in [1.807, 2.05) is 30.3 Å². The van der Waals surface area contributed by atoms with Gasteiger partial charge in [0.1, 0.15) is 11.6 Å². The van der Waals surface area contributed by atoms with Crippen LogP contribution in [0.2, 0.25) is 5.02 Å². The first-order chi connectivity index (χ1) is 10.6. The molecule has 4 heteroatoms. The highest BCUT2D eigenvalue weighted by molar-refractivity contribution is 6.31. The first-order valence-corrected chi connectivity index (χ1v) is 7.69. The Morgan fingerprint density at radius 3 is 2.73 bits per heavy atom. The third-order valence-corrected chi connectivity index (χ3v) is 4.97. The van der Waals surface area contributed by atoms with Crippen molar-refractivity contribution in [3.63, 3.8) is 0 Å². The predicted octanol–water partition coefficient (Wildman–Crippen LogP) is 5.44. The number of benzene rings is 2. The fourth-order valence-electron chi connectivity index (χ4n) is 3.66. The molecule has 0 aromatic heterocycles. The number of rotatable bonds is 1. The summed E-state index contributed by atoms with van der Waals surface area (Å²) in [5.41, 5.74) is 2.04. The molecule has 3 atom stereocenters. The molecule has 2 aliphatic rings. The van der Waals surface area contributed by atoms with Gasteiger partial charge in [0.05, 0.1) is 11.7 Å². The molecule has 2 aromatic rings. The smallest absolute Gasteiger partial charge is 0.149 e. The largest absolute Gasteiger partial charge is 0.375 e. The van der Waals surface area contributed by atoms with Crippen molar-refractivity contribution in [3.05, 3.63) is 76.3 Å². The maximum absolute atomic E-state index is 14.2. The minimum Gasteiger partial charge on any atom is -0.375 e. The molecular weight excluding hydrogens is 304 g/mol. The number of fused-ring (bicyclic) bond motifs is 3. The van der Waals surface area contributed by atoms with E-state index in [1.54, 1.807) is 0 Å². The van der Waals surface area contributed by atoms with E-state index in [2.05, 4.69) is 11.4 Å². The molecule has 112 valence electrons. The Labute approximate surface area is 132 Å². The van der Waals surface area contributed by atoms with E-state index in [4.69, 9.17) is 11.6 Å². The van der Waals surface area contributed by atoms with Crippen LogP contribution >= 0.6 is 11.6 Å². The maximum atomic E-state index is 14.2. The van der Waals surface area contributed by atoms with Crippen LogP contribution < -0.4 is 5.32 Å². The summed E-state index contributed by atoms with van der Waals surface area (Å²) in [6, 6.07) is 9.88. The van der Waals surface area contributed by atoms with Crippen molar-refractivity contribution in [3.8, 4) is 0 Å². The van der Waals surface area contributed by atoms with Gasteiger partial charge in [0, 0.05) is 17.0 Å². The monoisotopic (exact) mass is 317 g/mol. The van der Waals surface area contributed by atoms with E-state index in [9.17, 15) is 8.78 Å². The zero-order chi connectivity index (χ0) is 15.3. The second-order valence-corrected chi connectivity index (χ2v) is 6.26. The summed E-state index contributed by atoms with van der Waals surface area (Å²) in [5, 5.41) is 3.92. The van der Waals surface area contributed by atoms with Gasteiger partial charge in [-0.15, -0.1) is 0 Å². The van der Waals surface area contributed by atoms with Gasteiger partial charge in [-0.25, -0.2) is 8.78 Å². The molecular formula is C18H14ClF2N. The first kappa shape index (κ1) is 13.8. The lowest BCUT2D eigenvalue weighted by molar-refractivity contribution is 0.418. The van der Waals surface area contributed by atoms with Gasteiger partial charge in [0.15, 0.2) is 0 Å². The Hall–Kier alpha value is -1.87. The van der Waals surface area contributed by atoms with Crippen molar-refractivity contribution in [1.82, 2.24) is 0 Å². The number of hydrogen-bond donors (Lipinski definition) is 1. The predicted molar refractivity (Wildman–Crippen MR) is 84.2 cm³/mol. The molecule has 1 heterocycles. The van der Waals surface area contributed by atoms with E-state index in [0.29, 0.717) is 16.3 Å². The molecule has 2 aromatic carbocycles. The summed E-state index contributed by atoms with van der Waals surface area (Å²) in [4.78, 5) is 0. The lowest BCUT2D eigenvalue weighted by Gasteiger charge is -2.38. The van der Waals surface area contributed by atoms with E-state index in [-0.39, 0.29) is 17.9 Å². The lowest BCUT2D eigenvalue weighted by atomic mass is 9.77. The van der Waals surface area contributed by atoms with Gasteiger partial charge in [-0.05, 0) is 35.6 Å². The molecule has 0 fully saturated rings. The molecule has 0 saturated carbocycles. The molecule has 1 N–H and O–H groups in total. The second kappa shape index (κ2) is 5.10. The van der Waals surface area contributed by atoms with Crippen LogP contribution in [0, 0.1) is 17.6 Å². The van der Waals surface area contributed by atoms with Gasteiger partial charge in [-0.2, -0.15) is 0 Å². The van der Waals surface area contributed by atoms with Crippen molar-refractivity contribution >= 4 is 17.3 Å². The van der Waals surface area contributed by atoms with Crippen LogP contribution in [-0.2, 0) is 0 Å². The van der Waals surface area contributed by atoms with Crippen molar-refractivity contribution in [2.45, 2.75) is 18.4 Å². The number of halogens is 3. The molecule has 0 amide bonds. The van der Waals surface area contributed by atoms with Crippen LogP contribution in [0.1, 0.15) is 29.5 Å². The Balaban J connectivity index is 1.86. The first-order valence-electron chi connectivity index (χ1n) is 7.31. The zero-order valence-corrected chi connectivity index (χ0v) is 12.4. The SMILES string of the molecule is Fc1cc(F)c2c(c1)[C@@H]1C=CC[C@@H]1[C@H](c1ccccc1Cl)N2. The number of allylic oxidation sites excluding steroid dienone is 2. The number of nitrogens with one attached hydrogen (secondary N) is 1. The van der Waals surface area contributed by atoms with Gasteiger partial charge in [0.2, 0.25) is 0 Å². The molecule has 0 spiro atoms. The molecule has 22 heavy (non-hydrogen) atoms. The van der Waals surface area contributed by atoms with Crippen LogP contribution in [0.25, 0.3) is 0 Å². The van der Waals surface area contributed by atoms with Crippen LogP contribution in [0.4, 0.5) is 14.5 Å². The third kappa shape index (κ3) is 2.03. The highest BCUT2D eigenvalue weighted by Crippen LogP contribution is 2.51. The summed E-state index contributed by atoms with van der Waals surface area (Å²) in [5.74, 6) is -0.851. The summed E-state index contributed by atoms with van der Waals surface area (Å²) in [7, 11) is 0. The summed E-state index contributed by atoms with van der Waals surface area (Å²) in [6.07, 6.45) is 5.00. The summed E-state index contributed by atoms with van der Waals surface area (Å²) < 4.78 is 27.8.